The molecule has 3 rings (SSSR count). The largest absolute Gasteiger partial charge is 0.378 e. The maximum absolute atomic E-state index is 14.3. The van der Waals surface area contributed by atoms with E-state index in [4.69, 9.17) is 4.74 Å². The van der Waals surface area contributed by atoms with Crippen LogP contribution in [0.3, 0.4) is 0 Å². The molecule has 1 aliphatic rings. The third-order valence-corrected chi connectivity index (χ3v) is 3.80. The molecule has 23 heavy (non-hydrogen) atoms. The van der Waals surface area contributed by atoms with Crippen molar-refractivity contribution in [3.8, 4) is 0 Å². The predicted octanol–water partition coefficient (Wildman–Crippen LogP) is 2.68. The highest BCUT2D eigenvalue weighted by Crippen LogP contribution is 2.22. The van der Waals surface area contributed by atoms with E-state index >= 15 is 0 Å². The first-order chi connectivity index (χ1) is 11.1. The molecule has 0 radical (unpaired) electrons. The monoisotopic (exact) mass is 316 g/mol. The summed E-state index contributed by atoms with van der Waals surface area (Å²) >= 11 is 0. The molecule has 122 valence electrons. The van der Waals surface area contributed by atoms with Gasteiger partial charge in [0, 0.05) is 31.0 Å². The molecule has 0 aliphatic carbocycles. The van der Waals surface area contributed by atoms with Gasteiger partial charge in [-0.2, -0.15) is 0 Å². The highest BCUT2D eigenvalue weighted by Gasteiger charge is 2.15. The van der Waals surface area contributed by atoms with E-state index in [1.807, 2.05) is 36.9 Å². The van der Waals surface area contributed by atoms with E-state index in [2.05, 4.69) is 15.3 Å². The third kappa shape index (κ3) is 3.96. The summed E-state index contributed by atoms with van der Waals surface area (Å²) in [7, 11) is 0. The molecule has 0 atom stereocenters. The maximum Gasteiger partial charge on any atom is 0.223 e. The van der Waals surface area contributed by atoms with Crippen molar-refractivity contribution in [2.45, 2.75) is 20.4 Å². The fraction of sp³-hybridized carbons (Fsp3) is 0.412. The highest BCUT2D eigenvalue weighted by molar-refractivity contribution is 5.50. The number of nitrogens with zero attached hydrogens (tertiary/aromatic N) is 3. The molecule has 2 aromatic rings. The Bertz CT molecular complexity index is 666. The van der Waals surface area contributed by atoms with Crippen molar-refractivity contribution in [1.82, 2.24) is 9.97 Å². The molecule has 1 aliphatic heterocycles. The number of nitrogens with one attached hydrogen (secondary N) is 1. The average molecular weight is 316 g/mol. The minimum atomic E-state index is -0.201. The van der Waals surface area contributed by atoms with Crippen LogP contribution in [0.1, 0.15) is 17.0 Å². The molecular formula is C17H21FN4O. The van der Waals surface area contributed by atoms with E-state index < -0.39 is 0 Å². The summed E-state index contributed by atoms with van der Waals surface area (Å²) in [4.78, 5) is 10.7. The molecule has 0 saturated carbocycles. The normalized spacial score (nSPS) is 14.8. The van der Waals surface area contributed by atoms with Crippen molar-refractivity contribution < 1.29 is 9.13 Å². The van der Waals surface area contributed by atoms with Gasteiger partial charge in [-0.3, -0.25) is 0 Å². The zero-order valence-electron chi connectivity index (χ0n) is 13.5. The lowest BCUT2D eigenvalue weighted by Crippen LogP contribution is -2.36. The SMILES string of the molecule is Cc1cc(C)nc(NCc2ccc(N3CCOCC3)c(F)c2)n1. The van der Waals surface area contributed by atoms with Crippen LogP contribution >= 0.6 is 0 Å². The number of aryl methyl sites for hydroxylation is 2. The van der Waals surface area contributed by atoms with Crippen LogP contribution in [0.25, 0.3) is 0 Å². The van der Waals surface area contributed by atoms with Gasteiger partial charge in [-0.25, -0.2) is 14.4 Å². The Morgan fingerprint density at radius 3 is 2.48 bits per heavy atom. The molecule has 0 spiro atoms. The van der Waals surface area contributed by atoms with Gasteiger partial charge < -0.3 is 15.0 Å². The van der Waals surface area contributed by atoms with Crippen LogP contribution < -0.4 is 10.2 Å². The number of morpholine rings is 1. The quantitative estimate of drug-likeness (QED) is 0.940. The minimum absolute atomic E-state index is 0.201. The summed E-state index contributed by atoms with van der Waals surface area (Å²) in [6.07, 6.45) is 0. The summed E-state index contributed by atoms with van der Waals surface area (Å²) in [5, 5.41) is 3.15. The zero-order chi connectivity index (χ0) is 16.2. The average Bonchev–Trinajstić information content (AvgIpc) is 2.53. The fourth-order valence-corrected chi connectivity index (χ4v) is 2.71. The second kappa shape index (κ2) is 6.91. The molecule has 2 heterocycles. The Morgan fingerprint density at radius 1 is 1.13 bits per heavy atom. The van der Waals surface area contributed by atoms with Gasteiger partial charge in [0.25, 0.3) is 0 Å². The lowest BCUT2D eigenvalue weighted by Gasteiger charge is -2.29. The number of hydrogen-bond acceptors (Lipinski definition) is 5. The number of ether oxygens (including phenoxy) is 1. The van der Waals surface area contributed by atoms with Crippen LogP contribution in [-0.2, 0) is 11.3 Å². The Hall–Kier alpha value is -2.21. The van der Waals surface area contributed by atoms with Gasteiger partial charge in [0.05, 0.1) is 18.9 Å². The van der Waals surface area contributed by atoms with Crippen LogP contribution in [0.5, 0.6) is 0 Å². The Balaban J connectivity index is 1.67. The fourth-order valence-electron chi connectivity index (χ4n) is 2.71. The molecular weight excluding hydrogens is 295 g/mol. The number of hydrogen-bond donors (Lipinski definition) is 1. The van der Waals surface area contributed by atoms with E-state index in [-0.39, 0.29) is 5.82 Å². The zero-order valence-corrected chi connectivity index (χ0v) is 13.5. The number of aromatic nitrogens is 2. The van der Waals surface area contributed by atoms with Crippen molar-refractivity contribution in [2.75, 3.05) is 36.5 Å². The standard InChI is InChI=1S/C17H21FN4O/c1-12-9-13(2)21-17(20-12)19-11-14-3-4-16(15(18)10-14)22-5-7-23-8-6-22/h3-4,9-10H,5-8,11H2,1-2H3,(H,19,20,21). The van der Waals surface area contributed by atoms with E-state index in [0.717, 1.165) is 30.0 Å². The van der Waals surface area contributed by atoms with Gasteiger partial charge in [-0.15, -0.1) is 0 Å². The molecule has 1 N–H and O–H groups in total. The van der Waals surface area contributed by atoms with E-state index in [1.54, 1.807) is 6.07 Å². The van der Waals surface area contributed by atoms with Crippen molar-refractivity contribution >= 4 is 11.6 Å². The number of benzene rings is 1. The van der Waals surface area contributed by atoms with Gasteiger partial charge in [0.15, 0.2) is 0 Å². The summed E-state index contributed by atoms with van der Waals surface area (Å²) in [5.41, 5.74) is 3.32. The molecule has 1 saturated heterocycles. The van der Waals surface area contributed by atoms with Crippen LogP contribution in [0.4, 0.5) is 16.0 Å². The lowest BCUT2D eigenvalue weighted by atomic mass is 10.1. The smallest absolute Gasteiger partial charge is 0.223 e. The van der Waals surface area contributed by atoms with Crippen molar-refractivity contribution in [3.05, 3.63) is 47.0 Å². The molecule has 1 fully saturated rings. The van der Waals surface area contributed by atoms with Crippen LogP contribution in [-0.4, -0.2) is 36.3 Å². The van der Waals surface area contributed by atoms with Crippen molar-refractivity contribution in [2.24, 2.45) is 0 Å². The summed E-state index contributed by atoms with van der Waals surface area (Å²) in [6, 6.07) is 7.26. The number of rotatable bonds is 4. The Kier molecular flexibility index (Phi) is 4.71. The molecule has 0 unspecified atom stereocenters. The Labute approximate surface area is 135 Å². The number of halogens is 1. The maximum atomic E-state index is 14.3. The first kappa shape index (κ1) is 15.7. The molecule has 0 bridgehead atoms. The van der Waals surface area contributed by atoms with Gasteiger partial charge in [0.2, 0.25) is 5.95 Å². The van der Waals surface area contributed by atoms with Gasteiger partial charge in [-0.05, 0) is 37.6 Å². The van der Waals surface area contributed by atoms with Crippen LogP contribution in [0.2, 0.25) is 0 Å². The second-order valence-corrected chi connectivity index (χ2v) is 5.71. The number of anilines is 2. The van der Waals surface area contributed by atoms with E-state index in [9.17, 15) is 4.39 Å². The van der Waals surface area contributed by atoms with Crippen molar-refractivity contribution in [3.63, 3.8) is 0 Å². The van der Waals surface area contributed by atoms with Crippen molar-refractivity contribution in [1.29, 1.82) is 0 Å². The topological polar surface area (TPSA) is 50.3 Å². The molecule has 1 aromatic heterocycles. The first-order valence-electron chi connectivity index (χ1n) is 7.79. The third-order valence-electron chi connectivity index (χ3n) is 3.80. The van der Waals surface area contributed by atoms with Gasteiger partial charge in [-0.1, -0.05) is 6.07 Å². The Morgan fingerprint density at radius 2 is 1.83 bits per heavy atom. The van der Waals surface area contributed by atoms with Crippen LogP contribution in [0, 0.1) is 19.7 Å². The van der Waals surface area contributed by atoms with Gasteiger partial charge in [0.1, 0.15) is 5.82 Å². The summed E-state index contributed by atoms with van der Waals surface area (Å²) in [6.45, 7) is 7.09. The molecule has 1 aromatic carbocycles. The minimum Gasteiger partial charge on any atom is -0.378 e. The molecule has 0 amide bonds. The lowest BCUT2D eigenvalue weighted by molar-refractivity contribution is 0.122. The van der Waals surface area contributed by atoms with Crippen LogP contribution in [0.15, 0.2) is 24.3 Å². The second-order valence-electron chi connectivity index (χ2n) is 5.71. The van der Waals surface area contributed by atoms with E-state index in [0.29, 0.717) is 31.4 Å². The molecule has 6 heteroatoms. The summed E-state index contributed by atoms with van der Waals surface area (Å²) < 4.78 is 19.7. The summed E-state index contributed by atoms with van der Waals surface area (Å²) in [5.74, 6) is 0.368. The van der Waals surface area contributed by atoms with E-state index in [1.165, 1.54) is 0 Å². The molecule has 5 nitrogen and oxygen atoms in total. The predicted molar refractivity (Wildman–Crippen MR) is 88.3 cm³/mol. The first-order valence-corrected chi connectivity index (χ1v) is 7.79. The van der Waals surface area contributed by atoms with Gasteiger partial charge >= 0.3 is 0 Å². The highest BCUT2D eigenvalue weighted by atomic mass is 19.1.